The minimum Gasteiger partial charge on any atom is -0.488 e. The van der Waals surface area contributed by atoms with Gasteiger partial charge in [0.2, 0.25) is 0 Å². The Morgan fingerprint density at radius 1 is 1.47 bits per heavy atom. The molecule has 4 heteroatoms. The highest BCUT2D eigenvalue weighted by molar-refractivity contribution is 14.1. The van der Waals surface area contributed by atoms with Crippen molar-refractivity contribution >= 4 is 22.6 Å². The van der Waals surface area contributed by atoms with Crippen LogP contribution < -0.4 is 10.1 Å². The second kappa shape index (κ2) is 6.02. The van der Waals surface area contributed by atoms with Gasteiger partial charge < -0.3 is 14.8 Å². The Morgan fingerprint density at radius 2 is 2.29 bits per heavy atom. The van der Waals surface area contributed by atoms with E-state index in [4.69, 9.17) is 9.47 Å². The molecule has 3 nitrogen and oxygen atoms in total. The standard InChI is InChI=1S/C13H18INO2/c1-3-16-13-11(15-2)8-12(13)17-10-6-4-5-9(14)7-10/h4-7,11-13,15H,3,8H2,1-2H3. The lowest BCUT2D eigenvalue weighted by Gasteiger charge is -2.43. The minimum atomic E-state index is 0.169. The quantitative estimate of drug-likeness (QED) is 0.830. The molecule has 1 aliphatic rings. The van der Waals surface area contributed by atoms with Gasteiger partial charge in [0.05, 0.1) is 0 Å². The van der Waals surface area contributed by atoms with Gasteiger partial charge in [0, 0.05) is 22.6 Å². The van der Waals surface area contributed by atoms with Gasteiger partial charge in [-0.1, -0.05) is 6.07 Å². The summed E-state index contributed by atoms with van der Waals surface area (Å²) in [4.78, 5) is 0. The molecule has 0 spiro atoms. The second-order valence-corrected chi connectivity index (χ2v) is 5.41. The SMILES string of the molecule is CCOC1C(NC)CC1Oc1cccc(I)c1. The Hall–Kier alpha value is -0.330. The summed E-state index contributed by atoms with van der Waals surface area (Å²) in [5.74, 6) is 0.932. The van der Waals surface area contributed by atoms with E-state index in [9.17, 15) is 0 Å². The molecule has 17 heavy (non-hydrogen) atoms. The molecule has 0 saturated heterocycles. The van der Waals surface area contributed by atoms with Gasteiger partial charge in [0.25, 0.3) is 0 Å². The summed E-state index contributed by atoms with van der Waals surface area (Å²) in [6, 6.07) is 8.54. The van der Waals surface area contributed by atoms with Crippen LogP contribution in [-0.2, 0) is 4.74 Å². The van der Waals surface area contributed by atoms with E-state index in [0.29, 0.717) is 6.04 Å². The van der Waals surface area contributed by atoms with Gasteiger partial charge in [-0.2, -0.15) is 0 Å². The molecular weight excluding hydrogens is 329 g/mol. The van der Waals surface area contributed by atoms with Crippen molar-refractivity contribution in [2.24, 2.45) is 0 Å². The number of rotatable bonds is 5. The van der Waals surface area contributed by atoms with Crippen LogP contribution in [0.4, 0.5) is 0 Å². The first-order valence-electron chi connectivity index (χ1n) is 5.95. The predicted molar refractivity (Wildman–Crippen MR) is 76.5 cm³/mol. The van der Waals surface area contributed by atoms with Gasteiger partial charge in [0.1, 0.15) is 18.0 Å². The minimum absolute atomic E-state index is 0.169. The molecule has 3 unspecified atom stereocenters. The van der Waals surface area contributed by atoms with Crippen LogP contribution in [0.25, 0.3) is 0 Å². The lowest BCUT2D eigenvalue weighted by molar-refractivity contribution is -0.103. The molecule has 3 atom stereocenters. The van der Waals surface area contributed by atoms with Crippen LogP contribution in [0, 0.1) is 3.57 Å². The van der Waals surface area contributed by atoms with Crippen LogP contribution in [0.1, 0.15) is 13.3 Å². The summed E-state index contributed by atoms with van der Waals surface area (Å²) in [7, 11) is 1.97. The Labute approximate surface area is 116 Å². The van der Waals surface area contributed by atoms with Crippen molar-refractivity contribution in [3.8, 4) is 5.75 Å². The number of benzene rings is 1. The van der Waals surface area contributed by atoms with Crippen molar-refractivity contribution in [3.63, 3.8) is 0 Å². The van der Waals surface area contributed by atoms with Gasteiger partial charge >= 0.3 is 0 Å². The van der Waals surface area contributed by atoms with Crippen molar-refractivity contribution in [1.29, 1.82) is 0 Å². The van der Waals surface area contributed by atoms with E-state index in [0.717, 1.165) is 18.8 Å². The van der Waals surface area contributed by atoms with Crippen molar-refractivity contribution in [2.75, 3.05) is 13.7 Å². The number of hydrogen-bond donors (Lipinski definition) is 1. The molecule has 1 aromatic rings. The van der Waals surface area contributed by atoms with Gasteiger partial charge in [-0.05, 0) is 54.8 Å². The van der Waals surface area contributed by atoms with Crippen LogP contribution in [0.15, 0.2) is 24.3 Å². The number of likely N-dealkylation sites (N-methyl/N-ethyl adjacent to an activating group) is 1. The lowest BCUT2D eigenvalue weighted by atomic mass is 9.85. The third-order valence-corrected chi connectivity index (χ3v) is 3.73. The van der Waals surface area contributed by atoms with E-state index in [1.807, 2.05) is 26.1 Å². The molecule has 0 amide bonds. The Kier molecular flexibility index (Phi) is 4.64. The summed E-state index contributed by atoms with van der Waals surface area (Å²) >= 11 is 2.29. The van der Waals surface area contributed by atoms with E-state index >= 15 is 0 Å². The maximum absolute atomic E-state index is 5.96. The number of nitrogens with one attached hydrogen (secondary N) is 1. The molecule has 0 heterocycles. The normalized spacial score (nSPS) is 27.6. The van der Waals surface area contributed by atoms with E-state index < -0.39 is 0 Å². The monoisotopic (exact) mass is 347 g/mol. The maximum atomic E-state index is 5.96. The molecule has 1 fully saturated rings. The van der Waals surface area contributed by atoms with Gasteiger partial charge in [-0.25, -0.2) is 0 Å². The fourth-order valence-corrected chi connectivity index (χ4v) is 2.62. The zero-order valence-electron chi connectivity index (χ0n) is 10.2. The summed E-state index contributed by atoms with van der Waals surface area (Å²) in [5.41, 5.74) is 0. The van der Waals surface area contributed by atoms with E-state index in [1.165, 1.54) is 3.57 Å². The number of ether oxygens (including phenoxy) is 2. The zero-order valence-corrected chi connectivity index (χ0v) is 12.3. The largest absolute Gasteiger partial charge is 0.488 e. The Bertz CT molecular complexity index is 372. The lowest BCUT2D eigenvalue weighted by Crippen LogP contribution is -2.60. The summed E-state index contributed by atoms with van der Waals surface area (Å²) in [6.45, 7) is 2.75. The number of hydrogen-bond acceptors (Lipinski definition) is 3. The fourth-order valence-electron chi connectivity index (χ4n) is 2.11. The van der Waals surface area contributed by atoms with Crippen molar-refractivity contribution in [2.45, 2.75) is 31.6 Å². The van der Waals surface area contributed by atoms with Crippen molar-refractivity contribution < 1.29 is 9.47 Å². The van der Waals surface area contributed by atoms with Gasteiger partial charge in [0.15, 0.2) is 0 Å². The highest BCUT2D eigenvalue weighted by atomic mass is 127. The average molecular weight is 347 g/mol. The van der Waals surface area contributed by atoms with E-state index in [-0.39, 0.29) is 12.2 Å². The van der Waals surface area contributed by atoms with Gasteiger partial charge in [-0.3, -0.25) is 0 Å². The summed E-state index contributed by atoms with van der Waals surface area (Å²) < 4.78 is 12.9. The van der Waals surface area contributed by atoms with Gasteiger partial charge in [-0.15, -0.1) is 0 Å². The number of halogens is 1. The topological polar surface area (TPSA) is 30.5 Å². The summed E-state index contributed by atoms with van der Waals surface area (Å²) in [5, 5.41) is 3.26. The molecule has 0 aromatic heterocycles. The third kappa shape index (κ3) is 3.11. The molecule has 1 saturated carbocycles. The molecular formula is C13H18INO2. The molecule has 0 aliphatic heterocycles. The molecule has 94 valence electrons. The predicted octanol–water partition coefficient (Wildman–Crippen LogP) is 2.44. The first-order valence-corrected chi connectivity index (χ1v) is 7.03. The zero-order chi connectivity index (χ0) is 12.3. The van der Waals surface area contributed by atoms with Crippen LogP contribution in [-0.4, -0.2) is 31.9 Å². The first kappa shape index (κ1) is 13.1. The smallest absolute Gasteiger partial charge is 0.128 e. The fraction of sp³-hybridized carbons (Fsp3) is 0.538. The van der Waals surface area contributed by atoms with E-state index in [1.54, 1.807) is 0 Å². The molecule has 2 rings (SSSR count). The van der Waals surface area contributed by atoms with Crippen LogP contribution in [0.3, 0.4) is 0 Å². The highest BCUT2D eigenvalue weighted by Crippen LogP contribution is 2.29. The first-order chi connectivity index (χ1) is 8.24. The van der Waals surface area contributed by atoms with Crippen LogP contribution in [0.5, 0.6) is 5.75 Å². The van der Waals surface area contributed by atoms with Crippen LogP contribution in [0.2, 0.25) is 0 Å². The molecule has 1 N–H and O–H groups in total. The van der Waals surface area contributed by atoms with E-state index in [2.05, 4.69) is 40.0 Å². The molecule has 1 aliphatic carbocycles. The second-order valence-electron chi connectivity index (χ2n) is 4.16. The summed E-state index contributed by atoms with van der Waals surface area (Å²) in [6.07, 6.45) is 1.35. The Morgan fingerprint density at radius 3 is 2.94 bits per heavy atom. The average Bonchev–Trinajstić information content (AvgIpc) is 2.31. The van der Waals surface area contributed by atoms with Crippen LogP contribution >= 0.6 is 22.6 Å². The van der Waals surface area contributed by atoms with Crippen molar-refractivity contribution in [3.05, 3.63) is 27.8 Å². The maximum Gasteiger partial charge on any atom is 0.128 e. The molecule has 0 radical (unpaired) electrons. The molecule has 0 bridgehead atoms. The highest BCUT2D eigenvalue weighted by Gasteiger charge is 2.42. The third-order valence-electron chi connectivity index (χ3n) is 3.06. The molecule has 1 aromatic carbocycles. The Balaban J connectivity index is 1.95. The van der Waals surface area contributed by atoms with Crippen molar-refractivity contribution in [1.82, 2.24) is 5.32 Å².